The zero-order chi connectivity index (χ0) is 22.4. The minimum absolute atomic E-state index is 0.433. The highest BCUT2D eigenvalue weighted by Crippen LogP contribution is 2.35. The normalized spacial score (nSPS) is 11.3. The fourth-order valence-electron chi connectivity index (χ4n) is 4.50. The van der Waals surface area contributed by atoms with Crippen molar-refractivity contribution in [1.82, 2.24) is 4.57 Å². The summed E-state index contributed by atoms with van der Waals surface area (Å²) in [6, 6.07) is 27.4. The van der Waals surface area contributed by atoms with E-state index in [2.05, 4.69) is 48.7 Å². The Morgan fingerprint density at radius 3 is 2.31 bits per heavy atom. The Morgan fingerprint density at radius 1 is 0.938 bits per heavy atom. The molecule has 1 radical (unpaired) electrons. The van der Waals surface area contributed by atoms with Gasteiger partial charge in [-0.2, -0.15) is 0 Å². The van der Waals surface area contributed by atoms with Gasteiger partial charge < -0.3 is 10.3 Å². The van der Waals surface area contributed by atoms with Crippen molar-refractivity contribution in [3.63, 3.8) is 0 Å². The van der Waals surface area contributed by atoms with Gasteiger partial charge in [0, 0.05) is 27.9 Å². The Kier molecular flexibility index (Phi) is 4.99. The molecule has 0 atom stereocenters. The highest BCUT2D eigenvalue weighted by atomic mass is 35.5. The maximum absolute atomic E-state index is 12.2. The molecule has 32 heavy (non-hydrogen) atoms. The van der Waals surface area contributed by atoms with Gasteiger partial charge in [-0.3, -0.25) is 4.79 Å². The number of carbonyl (C=O) groups excluding carboxylic acids is 1. The van der Waals surface area contributed by atoms with Crippen LogP contribution in [-0.2, 0) is 6.54 Å². The third-order valence-electron chi connectivity index (χ3n) is 6.20. The molecule has 157 valence electrons. The first-order valence-corrected chi connectivity index (χ1v) is 10.9. The molecule has 0 aliphatic rings. The quantitative estimate of drug-likeness (QED) is 0.335. The SMILES string of the molecule is Cc1cccc(C)c1Cn1c2cc(-c3ccc(Cl)cc3)c[c]c2c2c(C(N)=O)cccc21. The number of nitrogens with two attached hydrogens (primary N) is 1. The summed E-state index contributed by atoms with van der Waals surface area (Å²) in [6.07, 6.45) is 0. The predicted octanol–water partition coefficient (Wildman–Crippen LogP) is 6.68. The number of nitrogens with zero attached hydrogens (tertiary/aromatic N) is 1. The van der Waals surface area contributed by atoms with E-state index >= 15 is 0 Å². The second-order valence-corrected chi connectivity index (χ2v) is 8.61. The van der Waals surface area contributed by atoms with Gasteiger partial charge in [0.25, 0.3) is 0 Å². The van der Waals surface area contributed by atoms with Crippen molar-refractivity contribution in [2.24, 2.45) is 5.73 Å². The Hall–Kier alpha value is -3.56. The molecule has 3 nitrogen and oxygen atoms in total. The minimum Gasteiger partial charge on any atom is -0.366 e. The molecule has 5 aromatic rings. The van der Waals surface area contributed by atoms with Crippen LogP contribution in [0.3, 0.4) is 0 Å². The number of hydrogen-bond donors (Lipinski definition) is 1. The maximum Gasteiger partial charge on any atom is 0.249 e. The Bertz CT molecular complexity index is 1480. The van der Waals surface area contributed by atoms with E-state index in [4.69, 9.17) is 17.3 Å². The monoisotopic (exact) mass is 437 g/mol. The van der Waals surface area contributed by atoms with Crippen LogP contribution >= 0.6 is 11.6 Å². The number of amides is 1. The van der Waals surface area contributed by atoms with Gasteiger partial charge in [0.15, 0.2) is 0 Å². The van der Waals surface area contributed by atoms with Crippen molar-refractivity contribution in [2.75, 3.05) is 0 Å². The molecule has 1 heterocycles. The van der Waals surface area contributed by atoms with Crippen LogP contribution in [0, 0.1) is 19.9 Å². The second kappa shape index (κ2) is 7.85. The fraction of sp³-hybridized carbons (Fsp3) is 0.107. The summed E-state index contributed by atoms with van der Waals surface area (Å²) < 4.78 is 2.27. The van der Waals surface area contributed by atoms with Crippen LogP contribution in [0.15, 0.2) is 72.8 Å². The number of fused-ring (bicyclic) bond motifs is 3. The van der Waals surface area contributed by atoms with Crippen molar-refractivity contribution >= 4 is 39.3 Å². The van der Waals surface area contributed by atoms with Crippen molar-refractivity contribution < 1.29 is 4.79 Å². The number of benzene rings is 4. The van der Waals surface area contributed by atoms with Gasteiger partial charge in [-0.15, -0.1) is 0 Å². The molecule has 0 aliphatic carbocycles. The predicted molar refractivity (Wildman–Crippen MR) is 132 cm³/mol. The zero-order valence-corrected chi connectivity index (χ0v) is 18.7. The molecule has 4 heteroatoms. The number of primary amides is 1. The van der Waals surface area contributed by atoms with Crippen LogP contribution in [-0.4, -0.2) is 10.5 Å². The Labute approximate surface area is 192 Å². The maximum atomic E-state index is 12.2. The van der Waals surface area contributed by atoms with Gasteiger partial charge in [0.1, 0.15) is 0 Å². The van der Waals surface area contributed by atoms with Crippen LogP contribution in [0.4, 0.5) is 0 Å². The number of rotatable bonds is 4. The van der Waals surface area contributed by atoms with Crippen LogP contribution in [0.25, 0.3) is 32.9 Å². The van der Waals surface area contributed by atoms with Crippen LogP contribution in [0.2, 0.25) is 5.02 Å². The van der Waals surface area contributed by atoms with Crippen molar-refractivity contribution in [3.8, 4) is 11.1 Å². The average Bonchev–Trinajstić information content (AvgIpc) is 3.09. The number of carbonyl (C=O) groups is 1. The first-order valence-electron chi connectivity index (χ1n) is 10.5. The van der Waals surface area contributed by atoms with Gasteiger partial charge in [-0.25, -0.2) is 0 Å². The summed E-state index contributed by atoms with van der Waals surface area (Å²) in [4.78, 5) is 12.2. The molecule has 0 spiro atoms. The lowest BCUT2D eigenvalue weighted by Gasteiger charge is -2.14. The third-order valence-corrected chi connectivity index (χ3v) is 6.45. The number of aryl methyl sites for hydroxylation is 2. The standard InChI is InChI=1S/C28H22ClN2O/c1-17-5-3-6-18(2)24(17)16-31-25-8-4-7-23(28(30)32)27(25)22-14-11-20(15-26(22)31)19-9-12-21(29)13-10-19/h3-13,15H,16H2,1-2H3,(H2,30,32). The van der Waals surface area contributed by atoms with Crippen molar-refractivity contribution in [2.45, 2.75) is 20.4 Å². The number of hydrogen-bond acceptors (Lipinski definition) is 1. The molecule has 0 unspecified atom stereocenters. The van der Waals surface area contributed by atoms with Gasteiger partial charge >= 0.3 is 0 Å². The van der Waals surface area contributed by atoms with E-state index in [-0.39, 0.29) is 0 Å². The summed E-state index contributed by atoms with van der Waals surface area (Å²) >= 11 is 6.08. The highest BCUT2D eigenvalue weighted by molar-refractivity contribution is 6.30. The first kappa shape index (κ1) is 20.3. The smallest absolute Gasteiger partial charge is 0.249 e. The summed E-state index contributed by atoms with van der Waals surface area (Å²) in [7, 11) is 0. The van der Waals surface area contributed by atoms with E-state index in [0.29, 0.717) is 17.1 Å². The molecule has 0 aliphatic heterocycles. The van der Waals surface area contributed by atoms with Crippen LogP contribution in [0.1, 0.15) is 27.0 Å². The largest absolute Gasteiger partial charge is 0.366 e. The number of aromatic nitrogens is 1. The van der Waals surface area contributed by atoms with E-state index in [0.717, 1.165) is 32.9 Å². The van der Waals surface area contributed by atoms with E-state index in [1.54, 1.807) is 6.07 Å². The van der Waals surface area contributed by atoms with Crippen molar-refractivity contribution in [3.05, 3.63) is 106 Å². The summed E-state index contributed by atoms with van der Waals surface area (Å²) in [5.41, 5.74) is 14.1. The Morgan fingerprint density at radius 2 is 1.62 bits per heavy atom. The molecule has 1 amide bonds. The molecule has 0 bridgehead atoms. The lowest BCUT2D eigenvalue weighted by molar-refractivity contribution is 0.100. The van der Waals surface area contributed by atoms with Crippen molar-refractivity contribution in [1.29, 1.82) is 0 Å². The lowest BCUT2D eigenvalue weighted by atomic mass is 10.0. The van der Waals surface area contributed by atoms with Crippen LogP contribution in [0.5, 0.6) is 0 Å². The summed E-state index contributed by atoms with van der Waals surface area (Å²) in [6.45, 7) is 4.96. The molecule has 5 rings (SSSR count). The third kappa shape index (κ3) is 3.35. The first-order chi connectivity index (χ1) is 15.4. The van der Waals surface area contributed by atoms with Gasteiger partial charge in [0.05, 0.1) is 11.0 Å². The topological polar surface area (TPSA) is 48.0 Å². The minimum atomic E-state index is -0.433. The Balaban J connectivity index is 1.82. The summed E-state index contributed by atoms with van der Waals surface area (Å²) in [5.74, 6) is -0.433. The molecule has 2 N–H and O–H groups in total. The molecule has 1 aromatic heterocycles. The van der Waals surface area contributed by atoms with Gasteiger partial charge in [0.2, 0.25) is 5.91 Å². The van der Waals surface area contributed by atoms with E-state index in [1.807, 2.05) is 42.5 Å². The van der Waals surface area contributed by atoms with Crippen LogP contribution < -0.4 is 5.73 Å². The molecular weight excluding hydrogens is 416 g/mol. The zero-order valence-electron chi connectivity index (χ0n) is 17.9. The molecule has 0 fully saturated rings. The molecule has 0 saturated carbocycles. The fourth-order valence-corrected chi connectivity index (χ4v) is 4.62. The van der Waals surface area contributed by atoms with E-state index < -0.39 is 5.91 Å². The molecule has 0 saturated heterocycles. The van der Waals surface area contributed by atoms with Gasteiger partial charge in [-0.05, 0) is 84.1 Å². The van der Waals surface area contributed by atoms with E-state index in [9.17, 15) is 4.79 Å². The van der Waals surface area contributed by atoms with Gasteiger partial charge in [-0.1, -0.05) is 48.0 Å². The summed E-state index contributed by atoms with van der Waals surface area (Å²) in [5, 5.41) is 2.45. The average molecular weight is 438 g/mol. The number of halogens is 1. The molecular formula is C28H22ClN2O. The second-order valence-electron chi connectivity index (χ2n) is 8.18. The highest BCUT2D eigenvalue weighted by Gasteiger charge is 2.18. The van der Waals surface area contributed by atoms with E-state index in [1.165, 1.54) is 16.7 Å². The lowest BCUT2D eigenvalue weighted by Crippen LogP contribution is -2.11. The molecule has 4 aromatic carbocycles.